The van der Waals surface area contributed by atoms with Gasteiger partial charge in [-0.25, -0.2) is 9.37 Å². The van der Waals surface area contributed by atoms with E-state index in [2.05, 4.69) is 10.3 Å². The average molecular weight is 356 g/mol. The van der Waals surface area contributed by atoms with Crippen LogP contribution >= 0.6 is 11.3 Å². The standard InChI is InChI=1S/C19H17FN2O2S/c1-13-12-25-18(22-13)10-21-19(23)16-4-2-3-5-17(16)24-11-14-6-8-15(20)9-7-14/h2-9,12H,10-11H2,1H3,(H,21,23). The van der Waals surface area contributed by atoms with Crippen molar-refractivity contribution in [1.29, 1.82) is 0 Å². The molecule has 128 valence electrons. The van der Waals surface area contributed by atoms with Gasteiger partial charge in [0, 0.05) is 11.1 Å². The van der Waals surface area contributed by atoms with Crippen molar-refractivity contribution < 1.29 is 13.9 Å². The number of aromatic nitrogens is 1. The predicted molar refractivity (Wildman–Crippen MR) is 95.2 cm³/mol. The Bertz CT molecular complexity index is 862. The fourth-order valence-corrected chi connectivity index (χ4v) is 2.97. The maximum Gasteiger partial charge on any atom is 0.255 e. The van der Waals surface area contributed by atoms with E-state index in [1.54, 1.807) is 36.4 Å². The van der Waals surface area contributed by atoms with E-state index in [-0.39, 0.29) is 18.3 Å². The number of hydrogen-bond acceptors (Lipinski definition) is 4. The first-order chi connectivity index (χ1) is 12.1. The third kappa shape index (κ3) is 4.64. The van der Waals surface area contributed by atoms with Crippen molar-refractivity contribution in [3.63, 3.8) is 0 Å². The summed E-state index contributed by atoms with van der Waals surface area (Å²) in [5.41, 5.74) is 2.23. The molecular formula is C19H17FN2O2S. The van der Waals surface area contributed by atoms with Crippen LogP contribution < -0.4 is 10.1 Å². The van der Waals surface area contributed by atoms with Crippen LogP contribution in [0.3, 0.4) is 0 Å². The fraction of sp³-hybridized carbons (Fsp3) is 0.158. The monoisotopic (exact) mass is 356 g/mol. The van der Waals surface area contributed by atoms with Crippen LogP contribution in [0.15, 0.2) is 53.9 Å². The van der Waals surface area contributed by atoms with Crippen LogP contribution in [0.5, 0.6) is 5.75 Å². The highest BCUT2D eigenvalue weighted by atomic mass is 32.1. The van der Waals surface area contributed by atoms with E-state index in [1.807, 2.05) is 12.3 Å². The summed E-state index contributed by atoms with van der Waals surface area (Å²) in [6.45, 7) is 2.56. The minimum atomic E-state index is -0.291. The average Bonchev–Trinajstić information content (AvgIpc) is 3.05. The summed E-state index contributed by atoms with van der Waals surface area (Å²) in [5.74, 6) is -0.0249. The third-order valence-corrected chi connectivity index (χ3v) is 4.47. The second kappa shape index (κ2) is 7.90. The van der Waals surface area contributed by atoms with Gasteiger partial charge < -0.3 is 10.1 Å². The van der Waals surface area contributed by atoms with Gasteiger partial charge in [0.25, 0.3) is 5.91 Å². The quantitative estimate of drug-likeness (QED) is 0.723. The predicted octanol–water partition coefficient (Wildman–Crippen LogP) is 4.10. The number of benzene rings is 2. The summed E-state index contributed by atoms with van der Waals surface area (Å²) >= 11 is 1.51. The van der Waals surface area contributed by atoms with Crippen molar-refractivity contribution in [3.05, 3.63) is 81.6 Å². The van der Waals surface area contributed by atoms with Crippen molar-refractivity contribution in [2.75, 3.05) is 0 Å². The Labute approximate surface area is 149 Å². The van der Waals surface area contributed by atoms with Crippen LogP contribution in [0.25, 0.3) is 0 Å². The van der Waals surface area contributed by atoms with Gasteiger partial charge in [-0.3, -0.25) is 4.79 Å². The van der Waals surface area contributed by atoms with E-state index in [4.69, 9.17) is 4.74 Å². The number of para-hydroxylation sites is 1. The largest absolute Gasteiger partial charge is 0.488 e. The highest BCUT2D eigenvalue weighted by Gasteiger charge is 2.12. The number of thiazole rings is 1. The molecule has 0 fully saturated rings. The molecule has 3 aromatic rings. The molecule has 0 saturated carbocycles. The van der Waals surface area contributed by atoms with E-state index in [9.17, 15) is 9.18 Å². The number of carbonyl (C=O) groups excluding carboxylic acids is 1. The smallest absolute Gasteiger partial charge is 0.255 e. The van der Waals surface area contributed by atoms with E-state index in [1.165, 1.54) is 23.5 Å². The van der Waals surface area contributed by atoms with Gasteiger partial charge in [-0.1, -0.05) is 24.3 Å². The molecule has 1 aromatic heterocycles. The second-order valence-corrected chi connectivity index (χ2v) is 6.42. The highest BCUT2D eigenvalue weighted by molar-refractivity contribution is 7.09. The molecule has 0 aliphatic heterocycles. The number of nitrogens with one attached hydrogen (secondary N) is 1. The molecule has 0 aliphatic carbocycles. The molecular weight excluding hydrogens is 339 g/mol. The summed E-state index contributed by atoms with van der Waals surface area (Å²) < 4.78 is 18.7. The van der Waals surface area contributed by atoms with Gasteiger partial charge in [-0.15, -0.1) is 11.3 Å². The molecule has 1 N–H and O–H groups in total. The van der Waals surface area contributed by atoms with Gasteiger partial charge in [0.05, 0.1) is 12.1 Å². The zero-order chi connectivity index (χ0) is 17.6. The molecule has 3 rings (SSSR count). The van der Waals surface area contributed by atoms with Gasteiger partial charge in [0.1, 0.15) is 23.2 Å². The molecule has 0 unspecified atom stereocenters. The topological polar surface area (TPSA) is 51.2 Å². The summed E-state index contributed by atoms with van der Waals surface area (Å²) in [6.07, 6.45) is 0. The first-order valence-electron chi connectivity index (χ1n) is 7.77. The molecule has 0 atom stereocenters. The van der Waals surface area contributed by atoms with Crippen LogP contribution in [0.4, 0.5) is 4.39 Å². The number of halogens is 1. The number of amides is 1. The maximum atomic E-state index is 12.9. The van der Waals surface area contributed by atoms with E-state index < -0.39 is 0 Å². The van der Waals surface area contributed by atoms with Gasteiger partial charge in [0.2, 0.25) is 0 Å². The zero-order valence-corrected chi connectivity index (χ0v) is 14.5. The molecule has 4 nitrogen and oxygen atoms in total. The molecule has 25 heavy (non-hydrogen) atoms. The Morgan fingerprint density at radius 1 is 1.20 bits per heavy atom. The highest BCUT2D eigenvalue weighted by Crippen LogP contribution is 2.20. The number of rotatable bonds is 6. The Morgan fingerprint density at radius 3 is 2.68 bits per heavy atom. The van der Waals surface area contributed by atoms with Crippen molar-refractivity contribution in [2.45, 2.75) is 20.1 Å². The summed E-state index contributed by atoms with van der Waals surface area (Å²) in [4.78, 5) is 16.8. The van der Waals surface area contributed by atoms with Crippen molar-refractivity contribution in [1.82, 2.24) is 10.3 Å². The zero-order valence-electron chi connectivity index (χ0n) is 13.7. The van der Waals surface area contributed by atoms with Gasteiger partial charge >= 0.3 is 0 Å². The van der Waals surface area contributed by atoms with Gasteiger partial charge in [-0.05, 0) is 36.8 Å². The number of carbonyl (C=O) groups is 1. The minimum absolute atomic E-state index is 0.220. The fourth-order valence-electron chi connectivity index (χ4n) is 2.26. The minimum Gasteiger partial charge on any atom is -0.488 e. The lowest BCUT2D eigenvalue weighted by molar-refractivity contribution is 0.0946. The van der Waals surface area contributed by atoms with Crippen LogP contribution in [0, 0.1) is 12.7 Å². The summed E-state index contributed by atoms with van der Waals surface area (Å²) in [6, 6.07) is 13.1. The van der Waals surface area contributed by atoms with Gasteiger partial charge in [0.15, 0.2) is 0 Å². The normalized spacial score (nSPS) is 10.5. The van der Waals surface area contributed by atoms with Crippen molar-refractivity contribution in [2.24, 2.45) is 0 Å². The van der Waals surface area contributed by atoms with E-state index in [0.29, 0.717) is 17.9 Å². The number of ether oxygens (including phenoxy) is 1. The summed E-state index contributed by atoms with van der Waals surface area (Å²) in [7, 11) is 0. The number of nitrogens with zero attached hydrogens (tertiary/aromatic N) is 1. The Kier molecular flexibility index (Phi) is 5.40. The van der Waals surface area contributed by atoms with Crippen molar-refractivity contribution in [3.8, 4) is 5.75 Å². The number of hydrogen-bond donors (Lipinski definition) is 1. The lowest BCUT2D eigenvalue weighted by Crippen LogP contribution is -2.23. The van der Waals surface area contributed by atoms with Crippen LogP contribution in [0.1, 0.15) is 26.6 Å². The lowest BCUT2D eigenvalue weighted by Gasteiger charge is -2.11. The molecule has 2 aromatic carbocycles. The van der Waals surface area contributed by atoms with E-state index in [0.717, 1.165) is 16.3 Å². The first kappa shape index (κ1) is 17.1. The molecule has 0 saturated heterocycles. The SMILES string of the molecule is Cc1csc(CNC(=O)c2ccccc2OCc2ccc(F)cc2)n1. The van der Waals surface area contributed by atoms with Crippen LogP contribution in [0.2, 0.25) is 0 Å². The van der Waals surface area contributed by atoms with Crippen LogP contribution in [-0.4, -0.2) is 10.9 Å². The Balaban J connectivity index is 1.65. The first-order valence-corrected chi connectivity index (χ1v) is 8.65. The summed E-state index contributed by atoms with van der Waals surface area (Å²) in [5, 5.41) is 5.66. The molecule has 0 aliphatic rings. The van der Waals surface area contributed by atoms with Crippen LogP contribution in [-0.2, 0) is 13.2 Å². The Morgan fingerprint density at radius 2 is 1.96 bits per heavy atom. The molecule has 0 bridgehead atoms. The molecule has 1 amide bonds. The molecule has 0 spiro atoms. The number of aryl methyl sites for hydroxylation is 1. The van der Waals surface area contributed by atoms with Crippen molar-refractivity contribution >= 4 is 17.2 Å². The maximum absolute atomic E-state index is 12.9. The lowest BCUT2D eigenvalue weighted by atomic mass is 10.2. The molecule has 0 radical (unpaired) electrons. The van der Waals surface area contributed by atoms with E-state index >= 15 is 0 Å². The second-order valence-electron chi connectivity index (χ2n) is 5.48. The molecule has 6 heteroatoms. The third-order valence-electron chi connectivity index (χ3n) is 3.51. The Hall–Kier alpha value is -2.73. The van der Waals surface area contributed by atoms with Gasteiger partial charge in [-0.2, -0.15) is 0 Å². The molecule has 1 heterocycles.